The largest absolute Gasteiger partial charge is 0.497 e. The van der Waals surface area contributed by atoms with E-state index in [-0.39, 0.29) is 0 Å². The predicted molar refractivity (Wildman–Crippen MR) is 60.5 cm³/mol. The van der Waals surface area contributed by atoms with Gasteiger partial charge in [-0.3, -0.25) is 10.4 Å². The molecule has 0 aliphatic rings. The highest BCUT2D eigenvalue weighted by molar-refractivity contribution is 5.78. The van der Waals surface area contributed by atoms with Crippen LogP contribution in [-0.4, -0.2) is 20.1 Å². The van der Waals surface area contributed by atoms with Gasteiger partial charge in [0.05, 0.1) is 7.11 Å². The Morgan fingerprint density at radius 1 is 1.53 bits per heavy atom. The van der Waals surface area contributed by atoms with E-state index >= 15 is 0 Å². The molecule has 0 spiro atoms. The molecule has 0 heterocycles. The number of benzene rings is 1. The molecule has 0 aromatic heterocycles. The summed E-state index contributed by atoms with van der Waals surface area (Å²) in [6, 6.07) is 7.80. The van der Waals surface area contributed by atoms with Crippen LogP contribution >= 0.6 is 0 Å². The molecule has 5 nitrogen and oxygen atoms in total. The van der Waals surface area contributed by atoms with Gasteiger partial charge in [0.25, 0.3) is 0 Å². The van der Waals surface area contributed by atoms with Gasteiger partial charge in [0, 0.05) is 13.6 Å². The van der Waals surface area contributed by atoms with Crippen LogP contribution in [0, 0.1) is 0 Å². The Morgan fingerprint density at radius 3 is 2.93 bits per heavy atom. The number of rotatable bonds is 3. The Bertz CT molecular complexity index is 338. The Balaban J connectivity index is 2.57. The molecule has 0 saturated heterocycles. The summed E-state index contributed by atoms with van der Waals surface area (Å²) in [5, 5.41) is 3.05. The fraction of sp³-hybridized carbons (Fsp3) is 0.300. The third-order valence-electron chi connectivity index (χ3n) is 1.95. The van der Waals surface area contributed by atoms with E-state index in [9.17, 15) is 0 Å². The van der Waals surface area contributed by atoms with Gasteiger partial charge in [-0.25, -0.2) is 5.84 Å². The number of nitrogens with zero attached hydrogens (tertiary/aromatic N) is 1. The molecular weight excluding hydrogens is 192 g/mol. The molecule has 0 radical (unpaired) electrons. The van der Waals surface area contributed by atoms with Crippen LogP contribution in [0.5, 0.6) is 5.75 Å². The zero-order chi connectivity index (χ0) is 11.1. The van der Waals surface area contributed by atoms with Gasteiger partial charge in [-0.2, -0.15) is 0 Å². The van der Waals surface area contributed by atoms with E-state index in [1.807, 2.05) is 24.3 Å². The zero-order valence-electron chi connectivity index (χ0n) is 8.95. The third-order valence-corrected chi connectivity index (χ3v) is 1.95. The topological polar surface area (TPSA) is 71.7 Å². The number of hydrazine groups is 1. The summed E-state index contributed by atoms with van der Waals surface area (Å²) in [4.78, 5) is 3.90. The molecule has 1 aromatic carbocycles. The third kappa shape index (κ3) is 3.47. The number of hydrogen-bond acceptors (Lipinski definition) is 3. The van der Waals surface area contributed by atoms with Crippen molar-refractivity contribution in [2.45, 2.75) is 6.54 Å². The first kappa shape index (κ1) is 11.3. The van der Waals surface area contributed by atoms with Crippen LogP contribution in [0.15, 0.2) is 29.3 Å². The molecule has 82 valence electrons. The van der Waals surface area contributed by atoms with Crippen molar-refractivity contribution in [3.63, 3.8) is 0 Å². The molecule has 15 heavy (non-hydrogen) atoms. The van der Waals surface area contributed by atoms with Crippen molar-refractivity contribution >= 4 is 5.96 Å². The van der Waals surface area contributed by atoms with Crippen molar-refractivity contribution in [3.8, 4) is 5.75 Å². The van der Waals surface area contributed by atoms with Crippen molar-refractivity contribution in [1.82, 2.24) is 10.7 Å². The molecular formula is C10H16N4O. The maximum atomic E-state index is 5.24. The number of nitrogens with one attached hydrogen (secondary N) is 2. The molecule has 0 atom stereocenters. The second-order valence-electron chi connectivity index (χ2n) is 2.92. The predicted octanol–water partition coefficient (Wildman–Crippen LogP) is 0.234. The standard InChI is InChI=1S/C10H16N4O/c1-12-10(14-11)13-7-8-4-3-5-9(6-8)15-2/h3-6H,7,11H2,1-2H3,(H2,12,13,14). The van der Waals surface area contributed by atoms with Gasteiger partial charge in [-0.1, -0.05) is 12.1 Å². The van der Waals surface area contributed by atoms with Gasteiger partial charge < -0.3 is 10.1 Å². The minimum absolute atomic E-state index is 0.554. The van der Waals surface area contributed by atoms with Gasteiger partial charge in [0.2, 0.25) is 5.96 Å². The van der Waals surface area contributed by atoms with E-state index in [0.717, 1.165) is 11.3 Å². The van der Waals surface area contributed by atoms with Crippen molar-refractivity contribution in [1.29, 1.82) is 0 Å². The van der Waals surface area contributed by atoms with Crippen LogP contribution in [0.2, 0.25) is 0 Å². The van der Waals surface area contributed by atoms with Gasteiger partial charge in [-0.05, 0) is 17.7 Å². The molecule has 1 rings (SSSR count). The molecule has 0 aliphatic carbocycles. The van der Waals surface area contributed by atoms with Gasteiger partial charge in [0.1, 0.15) is 5.75 Å². The fourth-order valence-electron chi connectivity index (χ4n) is 1.16. The van der Waals surface area contributed by atoms with Crippen LogP contribution in [0.25, 0.3) is 0 Å². The number of guanidine groups is 1. The minimum Gasteiger partial charge on any atom is -0.497 e. The van der Waals surface area contributed by atoms with Crippen molar-refractivity contribution in [3.05, 3.63) is 29.8 Å². The monoisotopic (exact) mass is 208 g/mol. The van der Waals surface area contributed by atoms with Gasteiger partial charge in [-0.15, -0.1) is 0 Å². The maximum absolute atomic E-state index is 5.24. The van der Waals surface area contributed by atoms with E-state index in [4.69, 9.17) is 10.6 Å². The van der Waals surface area contributed by atoms with E-state index < -0.39 is 0 Å². The van der Waals surface area contributed by atoms with E-state index in [0.29, 0.717) is 12.5 Å². The quantitative estimate of drug-likeness (QED) is 0.288. The zero-order valence-corrected chi connectivity index (χ0v) is 8.95. The Hall–Kier alpha value is -1.75. The lowest BCUT2D eigenvalue weighted by Crippen LogP contribution is -2.40. The molecule has 0 aliphatic heterocycles. The molecule has 0 saturated carbocycles. The number of methoxy groups -OCH3 is 1. The number of hydrogen-bond donors (Lipinski definition) is 3. The molecule has 5 heteroatoms. The second kappa shape index (κ2) is 5.87. The highest BCUT2D eigenvalue weighted by Crippen LogP contribution is 2.11. The summed E-state index contributed by atoms with van der Waals surface area (Å²) in [6.07, 6.45) is 0. The maximum Gasteiger partial charge on any atom is 0.205 e. The Labute approximate surface area is 89.3 Å². The lowest BCUT2D eigenvalue weighted by Gasteiger charge is -2.08. The van der Waals surface area contributed by atoms with Gasteiger partial charge >= 0.3 is 0 Å². The number of ether oxygens (including phenoxy) is 1. The highest BCUT2D eigenvalue weighted by Gasteiger charge is 1.97. The molecule has 4 N–H and O–H groups in total. The first-order valence-corrected chi connectivity index (χ1v) is 4.60. The normalized spacial score (nSPS) is 11.0. The summed E-state index contributed by atoms with van der Waals surface area (Å²) in [6.45, 7) is 0.647. The molecule has 0 unspecified atom stereocenters. The van der Waals surface area contributed by atoms with Crippen molar-refractivity contribution in [2.75, 3.05) is 14.2 Å². The summed E-state index contributed by atoms with van der Waals surface area (Å²) in [5.41, 5.74) is 3.56. The molecule has 0 fully saturated rings. The lowest BCUT2D eigenvalue weighted by molar-refractivity contribution is 0.414. The Morgan fingerprint density at radius 2 is 2.33 bits per heavy atom. The average Bonchev–Trinajstić information content (AvgIpc) is 2.31. The fourth-order valence-corrected chi connectivity index (χ4v) is 1.16. The molecule has 1 aromatic rings. The van der Waals surface area contributed by atoms with E-state index in [1.165, 1.54) is 0 Å². The SMILES string of the molecule is CN=C(NN)NCc1cccc(OC)c1. The van der Waals surface area contributed by atoms with Crippen LogP contribution < -0.4 is 21.3 Å². The van der Waals surface area contributed by atoms with Crippen LogP contribution in [-0.2, 0) is 6.54 Å². The average molecular weight is 208 g/mol. The summed E-state index contributed by atoms with van der Waals surface area (Å²) in [7, 11) is 3.31. The highest BCUT2D eigenvalue weighted by atomic mass is 16.5. The second-order valence-corrected chi connectivity index (χ2v) is 2.92. The molecule has 0 amide bonds. The minimum atomic E-state index is 0.554. The van der Waals surface area contributed by atoms with Crippen molar-refractivity contribution in [2.24, 2.45) is 10.8 Å². The first-order valence-electron chi connectivity index (χ1n) is 4.60. The van der Waals surface area contributed by atoms with Crippen LogP contribution in [0.3, 0.4) is 0 Å². The number of aliphatic imine (C=N–C) groups is 1. The van der Waals surface area contributed by atoms with Gasteiger partial charge in [0.15, 0.2) is 0 Å². The van der Waals surface area contributed by atoms with E-state index in [2.05, 4.69) is 15.7 Å². The Kier molecular flexibility index (Phi) is 4.43. The summed E-state index contributed by atoms with van der Waals surface area (Å²) in [5.74, 6) is 6.63. The van der Waals surface area contributed by atoms with Crippen molar-refractivity contribution < 1.29 is 4.74 Å². The molecule has 0 bridgehead atoms. The summed E-state index contributed by atoms with van der Waals surface area (Å²) >= 11 is 0. The van der Waals surface area contributed by atoms with E-state index in [1.54, 1.807) is 14.2 Å². The van der Waals surface area contributed by atoms with Crippen LogP contribution in [0.4, 0.5) is 0 Å². The first-order chi connectivity index (χ1) is 7.30. The number of nitrogens with two attached hydrogens (primary N) is 1. The smallest absolute Gasteiger partial charge is 0.205 e. The summed E-state index contributed by atoms with van der Waals surface area (Å²) < 4.78 is 5.12. The lowest BCUT2D eigenvalue weighted by atomic mass is 10.2. The van der Waals surface area contributed by atoms with Crippen LogP contribution in [0.1, 0.15) is 5.56 Å².